The zero-order chi connectivity index (χ0) is 13.3. The van der Waals surface area contributed by atoms with Crippen LogP contribution in [0.15, 0.2) is 36.8 Å². The predicted molar refractivity (Wildman–Crippen MR) is 68.2 cm³/mol. The van der Waals surface area contributed by atoms with Crippen molar-refractivity contribution in [1.82, 2.24) is 15.0 Å². The Bertz CT molecular complexity index is 609. The number of esters is 1. The van der Waals surface area contributed by atoms with Crippen LogP contribution in [0.2, 0.25) is 0 Å². The quantitative estimate of drug-likeness (QED) is 0.782. The molecule has 0 aliphatic heterocycles. The molecular weight excluding hydrogens is 242 g/mol. The average molecular weight is 255 g/mol. The molecule has 0 saturated heterocycles. The second-order valence-electron chi connectivity index (χ2n) is 4.58. The average Bonchev–Trinajstić information content (AvgIpc) is 3.29. The van der Waals surface area contributed by atoms with Gasteiger partial charge < -0.3 is 4.74 Å². The molecule has 0 aromatic carbocycles. The summed E-state index contributed by atoms with van der Waals surface area (Å²) in [6, 6.07) is 5.59. The minimum Gasteiger partial charge on any atom is -0.468 e. The molecule has 2 aromatic rings. The molecule has 5 heteroatoms. The van der Waals surface area contributed by atoms with Crippen molar-refractivity contribution in [3.05, 3.63) is 42.6 Å². The first-order chi connectivity index (χ1) is 9.26. The topological polar surface area (TPSA) is 65.0 Å². The van der Waals surface area contributed by atoms with Crippen molar-refractivity contribution < 1.29 is 9.53 Å². The molecule has 0 spiro atoms. The van der Waals surface area contributed by atoms with Crippen LogP contribution in [0, 0.1) is 0 Å². The third-order valence-corrected chi connectivity index (χ3v) is 3.37. The summed E-state index contributed by atoms with van der Waals surface area (Å²) < 4.78 is 4.85. The molecule has 0 atom stereocenters. The van der Waals surface area contributed by atoms with Crippen LogP contribution in [0.25, 0.3) is 11.3 Å². The summed E-state index contributed by atoms with van der Waals surface area (Å²) in [4.78, 5) is 24.6. The molecule has 1 aliphatic rings. The number of carbonyl (C=O) groups excluding carboxylic acids is 1. The van der Waals surface area contributed by atoms with E-state index in [0.29, 0.717) is 5.82 Å². The van der Waals surface area contributed by atoms with Gasteiger partial charge in [-0.3, -0.25) is 9.78 Å². The van der Waals surface area contributed by atoms with Crippen molar-refractivity contribution in [2.75, 3.05) is 7.11 Å². The maximum atomic E-state index is 11.8. The van der Waals surface area contributed by atoms with Gasteiger partial charge in [-0.1, -0.05) is 0 Å². The van der Waals surface area contributed by atoms with Crippen LogP contribution in [-0.2, 0) is 14.9 Å². The van der Waals surface area contributed by atoms with Gasteiger partial charge in [0.05, 0.1) is 12.8 Å². The number of methoxy groups -OCH3 is 1. The normalized spacial score (nSPS) is 15.8. The van der Waals surface area contributed by atoms with Crippen LogP contribution in [0.3, 0.4) is 0 Å². The lowest BCUT2D eigenvalue weighted by molar-refractivity contribution is -0.143. The Morgan fingerprint density at radius 2 is 2.16 bits per heavy atom. The van der Waals surface area contributed by atoms with E-state index in [0.717, 1.165) is 24.1 Å². The third kappa shape index (κ3) is 1.97. The van der Waals surface area contributed by atoms with E-state index in [-0.39, 0.29) is 5.97 Å². The minimum atomic E-state index is -0.632. The number of rotatable bonds is 3. The zero-order valence-electron chi connectivity index (χ0n) is 10.5. The number of aromatic nitrogens is 3. The smallest absolute Gasteiger partial charge is 0.319 e. The second kappa shape index (κ2) is 4.42. The van der Waals surface area contributed by atoms with Crippen molar-refractivity contribution in [3.63, 3.8) is 0 Å². The van der Waals surface area contributed by atoms with Gasteiger partial charge in [0.2, 0.25) is 0 Å². The summed E-state index contributed by atoms with van der Waals surface area (Å²) >= 11 is 0. The summed E-state index contributed by atoms with van der Waals surface area (Å²) in [5.74, 6) is 0.288. The fraction of sp³-hybridized carbons (Fsp3) is 0.286. The lowest BCUT2D eigenvalue weighted by Gasteiger charge is -2.11. The maximum Gasteiger partial charge on any atom is 0.319 e. The van der Waals surface area contributed by atoms with Crippen LogP contribution in [0.4, 0.5) is 0 Å². The molecule has 1 aliphatic carbocycles. The molecule has 3 rings (SSSR count). The Morgan fingerprint density at radius 3 is 2.79 bits per heavy atom. The summed E-state index contributed by atoms with van der Waals surface area (Å²) in [5.41, 5.74) is 1.05. The van der Waals surface area contributed by atoms with E-state index in [2.05, 4.69) is 15.0 Å². The molecule has 0 N–H and O–H groups in total. The minimum absolute atomic E-state index is 0.254. The number of ether oxygens (including phenoxy) is 1. The molecule has 1 saturated carbocycles. The van der Waals surface area contributed by atoms with E-state index < -0.39 is 5.41 Å². The lowest BCUT2D eigenvalue weighted by atomic mass is 10.1. The van der Waals surface area contributed by atoms with Crippen LogP contribution in [-0.4, -0.2) is 28.0 Å². The SMILES string of the molecule is COC(=O)C1(c2nccc(-c3cccnc3)n2)CC1. The van der Waals surface area contributed by atoms with Crippen LogP contribution >= 0.6 is 0 Å². The molecule has 2 aromatic heterocycles. The van der Waals surface area contributed by atoms with E-state index in [9.17, 15) is 4.79 Å². The second-order valence-corrected chi connectivity index (χ2v) is 4.58. The Labute approximate surface area is 110 Å². The Kier molecular flexibility index (Phi) is 2.74. The van der Waals surface area contributed by atoms with Crippen LogP contribution in [0.5, 0.6) is 0 Å². The maximum absolute atomic E-state index is 11.8. The molecule has 0 bridgehead atoms. The Hall–Kier alpha value is -2.30. The number of nitrogens with zero attached hydrogens (tertiary/aromatic N) is 3. The molecule has 2 heterocycles. The number of pyridine rings is 1. The van der Waals surface area contributed by atoms with Crippen molar-refractivity contribution in [3.8, 4) is 11.3 Å². The Balaban J connectivity index is 2.00. The van der Waals surface area contributed by atoms with E-state index in [1.807, 2.05) is 18.2 Å². The summed E-state index contributed by atoms with van der Waals surface area (Å²) in [6.07, 6.45) is 6.62. The van der Waals surface area contributed by atoms with Gasteiger partial charge in [0.25, 0.3) is 0 Å². The highest BCUT2D eigenvalue weighted by Crippen LogP contribution is 2.47. The van der Waals surface area contributed by atoms with Crippen LogP contribution < -0.4 is 0 Å². The van der Waals surface area contributed by atoms with Gasteiger partial charge >= 0.3 is 5.97 Å². The standard InChI is InChI=1S/C14H13N3O2/c1-19-13(18)14(5-6-14)12-16-8-4-11(17-12)10-3-2-7-15-9-10/h2-4,7-9H,5-6H2,1H3. The molecule has 96 valence electrons. The highest BCUT2D eigenvalue weighted by Gasteiger charge is 2.55. The highest BCUT2D eigenvalue weighted by atomic mass is 16.5. The van der Waals surface area contributed by atoms with E-state index >= 15 is 0 Å². The van der Waals surface area contributed by atoms with E-state index in [4.69, 9.17) is 4.74 Å². The van der Waals surface area contributed by atoms with Gasteiger partial charge in [-0.25, -0.2) is 9.97 Å². The van der Waals surface area contributed by atoms with Gasteiger partial charge in [-0.15, -0.1) is 0 Å². The van der Waals surface area contributed by atoms with E-state index in [1.165, 1.54) is 7.11 Å². The molecular formula is C14H13N3O2. The largest absolute Gasteiger partial charge is 0.468 e. The summed E-state index contributed by atoms with van der Waals surface area (Å²) in [5, 5.41) is 0. The number of hydrogen-bond donors (Lipinski definition) is 0. The van der Waals surface area contributed by atoms with Gasteiger partial charge in [0.1, 0.15) is 11.2 Å². The first-order valence-electron chi connectivity index (χ1n) is 6.09. The predicted octanol–water partition coefficient (Wildman–Crippen LogP) is 1.74. The summed E-state index contributed by atoms with van der Waals surface area (Å²) in [7, 11) is 1.40. The highest BCUT2D eigenvalue weighted by molar-refractivity contribution is 5.85. The fourth-order valence-electron chi connectivity index (χ4n) is 2.10. The summed E-state index contributed by atoms with van der Waals surface area (Å²) in [6.45, 7) is 0. The molecule has 0 radical (unpaired) electrons. The van der Waals surface area contributed by atoms with Crippen molar-refractivity contribution in [2.24, 2.45) is 0 Å². The Morgan fingerprint density at radius 1 is 1.32 bits per heavy atom. The van der Waals surface area contributed by atoms with Gasteiger partial charge in [-0.05, 0) is 31.0 Å². The van der Waals surface area contributed by atoms with Gasteiger partial charge in [0.15, 0.2) is 0 Å². The molecule has 5 nitrogen and oxygen atoms in total. The first-order valence-corrected chi connectivity index (χ1v) is 6.09. The van der Waals surface area contributed by atoms with Gasteiger partial charge in [-0.2, -0.15) is 0 Å². The van der Waals surface area contributed by atoms with Crippen molar-refractivity contribution in [1.29, 1.82) is 0 Å². The first kappa shape index (κ1) is 11.8. The zero-order valence-corrected chi connectivity index (χ0v) is 10.5. The molecule has 19 heavy (non-hydrogen) atoms. The van der Waals surface area contributed by atoms with Crippen molar-refractivity contribution in [2.45, 2.75) is 18.3 Å². The number of hydrogen-bond acceptors (Lipinski definition) is 5. The molecule has 0 amide bonds. The molecule has 0 unspecified atom stereocenters. The molecule has 1 fully saturated rings. The van der Waals surface area contributed by atoms with Crippen molar-refractivity contribution >= 4 is 5.97 Å². The lowest BCUT2D eigenvalue weighted by Crippen LogP contribution is -2.24. The van der Waals surface area contributed by atoms with Crippen LogP contribution in [0.1, 0.15) is 18.7 Å². The monoisotopic (exact) mass is 255 g/mol. The fourth-order valence-corrected chi connectivity index (χ4v) is 2.10. The third-order valence-electron chi connectivity index (χ3n) is 3.37. The number of carbonyl (C=O) groups is 1. The van der Waals surface area contributed by atoms with E-state index in [1.54, 1.807) is 18.6 Å². The van der Waals surface area contributed by atoms with Gasteiger partial charge in [0, 0.05) is 24.2 Å².